The maximum Gasteiger partial charge on any atom is 0.416 e. The standard InChI is InChI=1S/C16H9F3I2N2O/c17-16(18,19)10-3-1-9(2-4-10)7-23-8-22-14-12(15(23)24)5-11(20)6-13(14)21/h1-6,8H,7H2. The van der Waals surface area contributed by atoms with Crippen molar-refractivity contribution in [2.45, 2.75) is 12.7 Å². The smallest absolute Gasteiger partial charge is 0.294 e. The Balaban J connectivity index is 1.99. The lowest BCUT2D eigenvalue weighted by atomic mass is 10.1. The van der Waals surface area contributed by atoms with Gasteiger partial charge in [-0.15, -0.1) is 0 Å². The van der Waals surface area contributed by atoms with Crippen LogP contribution in [0.3, 0.4) is 0 Å². The summed E-state index contributed by atoms with van der Waals surface area (Å²) in [5, 5.41) is 0.501. The normalized spacial score (nSPS) is 11.9. The summed E-state index contributed by atoms with van der Waals surface area (Å²) in [6.07, 6.45) is -2.94. The van der Waals surface area contributed by atoms with Crippen LogP contribution in [0, 0.1) is 7.14 Å². The van der Waals surface area contributed by atoms with E-state index in [1.54, 1.807) is 6.07 Å². The van der Waals surface area contributed by atoms with Crippen LogP contribution in [-0.2, 0) is 12.7 Å². The second kappa shape index (κ2) is 6.62. The van der Waals surface area contributed by atoms with Crippen molar-refractivity contribution in [2.75, 3.05) is 0 Å². The predicted molar refractivity (Wildman–Crippen MR) is 102 cm³/mol. The van der Waals surface area contributed by atoms with Crippen molar-refractivity contribution in [3.63, 3.8) is 0 Å². The van der Waals surface area contributed by atoms with E-state index in [2.05, 4.69) is 50.2 Å². The Bertz CT molecular complexity index is 966. The molecule has 3 rings (SSSR count). The van der Waals surface area contributed by atoms with Crippen LogP contribution >= 0.6 is 45.2 Å². The van der Waals surface area contributed by atoms with Gasteiger partial charge in [0.2, 0.25) is 0 Å². The minimum Gasteiger partial charge on any atom is -0.294 e. The second-order valence-corrected chi connectivity index (χ2v) is 7.56. The average Bonchev–Trinajstić information content (AvgIpc) is 2.50. The van der Waals surface area contributed by atoms with E-state index in [0.717, 1.165) is 19.3 Å². The summed E-state index contributed by atoms with van der Waals surface area (Å²) in [6.45, 7) is 0.169. The SMILES string of the molecule is O=c1c2cc(I)cc(I)c2ncn1Cc1ccc(C(F)(F)F)cc1. The monoisotopic (exact) mass is 556 g/mol. The van der Waals surface area contributed by atoms with Gasteiger partial charge in [0.05, 0.1) is 29.3 Å². The number of halogens is 5. The third kappa shape index (κ3) is 3.58. The fraction of sp³-hybridized carbons (Fsp3) is 0.125. The van der Waals surface area contributed by atoms with E-state index in [1.165, 1.54) is 23.0 Å². The number of fused-ring (bicyclic) bond motifs is 1. The maximum atomic E-state index is 12.6. The molecular weight excluding hydrogens is 547 g/mol. The second-order valence-electron chi connectivity index (χ2n) is 5.16. The van der Waals surface area contributed by atoms with Crippen LogP contribution in [0.15, 0.2) is 47.5 Å². The van der Waals surface area contributed by atoms with E-state index < -0.39 is 11.7 Å². The molecule has 3 aromatic rings. The number of nitrogens with zero attached hydrogens (tertiary/aromatic N) is 2. The molecule has 8 heteroatoms. The fourth-order valence-electron chi connectivity index (χ4n) is 2.30. The van der Waals surface area contributed by atoms with Gasteiger partial charge in [0.25, 0.3) is 5.56 Å². The van der Waals surface area contributed by atoms with Crippen LogP contribution in [0.25, 0.3) is 10.9 Å². The van der Waals surface area contributed by atoms with E-state index >= 15 is 0 Å². The van der Waals surface area contributed by atoms with Gasteiger partial charge in [0.1, 0.15) is 0 Å². The molecule has 1 heterocycles. The van der Waals surface area contributed by atoms with Crippen molar-refractivity contribution in [3.8, 4) is 0 Å². The van der Waals surface area contributed by atoms with Crippen LogP contribution in [-0.4, -0.2) is 9.55 Å². The first-order valence-corrected chi connectivity index (χ1v) is 8.92. The molecule has 0 saturated heterocycles. The Labute approximate surface area is 162 Å². The van der Waals surface area contributed by atoms with E-state index in [4.69, 9.17) is 0 Å². The summed E-state index contributed by atoms with van der Waals surface area (Å²) in [5.74, 6) is 0. The first-order valence-electron chi connectivity index (χ1n) is 6.76. The molecule has 0 saturated carbocycles. The Morgan fingerprint density at radius 2 is 1.75 bits per heavy atom. The molecule has 0 amide bonds. The summed E-state index contributed by atoms with van der Waals surface area (Å²) in [7, 11) is 0. The van der Waals surface area contributed by atoms with Crippen LogP contribution < -0.4 is 5.56 Å². The zero-order valence-corrected chi connectivity index (χ0v) is 16.3. The van der Waals surface area contributed by atoms with Crippen molar-refractivity contribution in [3.05, 3.63) is 71.3 Å². The number of aromatic nitrogens is 2. The highest BCUT2D eigenvalue weighted by atomic mass is 127. The lowest BCUT2D eigenvalue weighted by Crippen LogP contribution is -2.21. The fourth-order valence-corrected chi connectivity index (χ4v) is 4.29. The van der Waals surface area contributed by atoms with Crippen LogP contribution in [0.1, 0.15) is 11.1 Å². The van der Waals surface area contributed by atoms with Crippen molar-refractivity contribution < 1.29 is 13.2 Å². The highest BCUT2D eigenvalue weighted by Gasteiger charge is 2.29. The molecule has 0 spiro atoms. The molecule has 0 bridgehead atoms. The molecule has 1 aromatic heterocycles. The number of rotatable bonds is 2. The van der Waals surface area contributed by atoms with E-state index in [0.29, 0.717) is 16.5 Å². The van der Waals surface area contributed by atoms with E-state index in [-0.39, 0.29) is 12.1 Å². The van der Waals surface area contributed by atoms with E-state index in [9.17, 15) is 18.0 Å². The molecule has 0 radical (unpaired) electrons. The van der Waals surface area contributed by atoms with E-state index in [1.807, 2.05) is 6.07 Å². The zero-order chi connectivity index (χ0) is 17.5. The van der Waals surface area contributed by atoms with Crippen molar-refractivity contribution >= 4 is 56.1 Å². The molecule has 0 fully saturated rings. The summed E-state index contributed by atoms with van der Waals surface area (Å²) >= 11 is 4.25. The zero-order valence-electron chi connectivity index (χ0n) is 11.9. The topological polar surface area (TPSA) is 34.9 Å². The molecule has 124 valence electrons. The van der Waals surface area contributed by atoms with Crippen LogP contribution in [0.5, 0.6) is 0 Å². The highest BCUT2D eigenvalue weighted by molar-refractivity contribution is 14.1. The van der Waals surface area contributed by atoms with Gasteiger partial charge < -0.3 is 0 Å². The molecule has 0 aliphatic rings. The average molecular weight is 556 g/mol. The number of alkyl halides is 3. The molecule has 0 unspecified atom stereocenters. The Morgan fingerprint density at radius 1 is 1.08 bits per heavy atom. The number of benzene rings is 2. The molecular formula is C16H9F3I2N2O. The summed E-state index contributed by atoms with van der Waals surface area (Å²) < 4.78 is 41.0. The van der Waals surface area contributed by atoms with Gasteiger partial charge in [-0.25, -0.2) is 4.98 Å². The first-order chi connectivity index (χ1) is 11.3. The number of hydrogen-bond donors (Lipinski definition) is 0. The van der Waals surface area contributed by atoms with Crippen molar-refractivity contribution in [1.29, 1.82) is 0 Å². The summed E-state index contributed by atoms with van der Waals surface area (Å²) in [6, 6.07) is 8.46. The number of hydrogen-bond acceptors (Lipinski definition) is 2. The summed E-state index contributed by atoms with van der Waals surface area (Å²) in [4.78, 5) is 16.9. The first kappa shape index (κ1) is 17.6. The van der Waals surface area contributed by atoms with Gasteiger partial charge in [-0.1, -0.05) is 12.1 Å². The maximum absolute atomic E-state index is 12.6. The minimum atomic E-state index is -4.37. The molecule has 2 aromatic carbocycles. The predicted octanol–water partition coefficient (Wildman–Crippen LogP) is 4.67. The highest BCUT2D eigenvalue weighted by Crippen LogP contribution is 2.29. The van der Waals surface area contributed by atoms with Gasteiger partial charge in [0, 0.05) is 7.14 Å². The van der Waals surface area contributed by atoms with Gasteiger partial charge >= 0.3 is 6.18 Å². The van der Waals surface area contributed by atoms with Crippen LogP contribution in [0.4, 0.5) is 13.2 Å². The minimum absolute atomic E-state index is 0.169. The lowest BCUT2D eigenvalue weighted by Gasteiger charge is -2.10. The van der Waals surface area contributed by atoms with Gasteiger partial charge in [-0.05, 0) is 75.0 Å². The third-order valence-corrected chi connectivity index (χ3v) is 4.92. The summed E-state index contributed by atoms with van der Waals surface area (Å²) in [5.41, 5.74) is 0.312. The molecule has 0 atom stereocenters. The molecule has 0 N–H and O–H groups in total. The lowest BCUT2D eigenvalue weighted by molar-refractivity contribution is -0.137. The van der Waals surface area contributed by atoms with Gasteiger partial charge in [-0.2, -0.15) is 13.2 Å². The van der Waals surface area contributed by atoms with Gasteiger partial charge in [-0.3, -0.25) is 9.36 Å². The van der Waals surface area contributed by atoms with Crippen molar-refractivity contribution in [1.82, 2.24) is 9.55 Å². The Hall–Kier alpha value is -1.17. The molecule has 0 aliphatic carbocycles. The van der Waals surface area contributed by atoms with Crippen LogP contribution in [0.2, 0.25) is 0 Å². The third-order valence-electron chi connectivity index (χ3n) is 3.48. The van der Waals surface area contributed by atoms with Gasteiger partial charge in [0.15, 0.2) is 0 Å². The quantitative estimate of drug-likeness (QED) is 0.431. The molecule has 0 aliphatic heterocycles. The molecule has 3 nitrogen and oxygen atoms in total. The van der Waals surface area contributed by atoms with Crippen molar-refractivity contribution in [2.24, 2.45) is 0 Å². The largest absolute Gasteiger partial charge is 0.416 e. The molecule has 24 heavy (non-hydrogen) atoms. The Morgan fingerprint density at radius 3 is 2.38 bits per heavy atom. The Kier molecular flexibility index (Phi) is 4.87.